The van der Waals surface area contributed by atoms with Gasteiger partial charge >= 0.3 is 0 Å². The smallest absolute Gasteiger partial charge is 0.258 e. The molecule has 0 spiro atoms. The fraction of sp³-hybridized carbons (Fsp3) is 0.500. The molecule has 0 saturated carbocycles. The van der Waals surface area contributed by atoms with Crippen molar-refractivity contribution in [3.05, 3.63) is 23.9 Å². The summed E-state index contributed by atoms with van der Waals surface area (Å²) in [5, 5.41) is 0. The van der Waals surface area contributed by atoms with E-state index in [9.17, 15) is 4.79 Å². The fourth-order valence-corrected chi connectivity index (χ4v) is 2.75. The van der Waals surface area contributed by atoms with Crippen LogP contribution >= 0.6 is 11.8 Å². The SMILES string of the molecule is CN(C)C(=O)c1cccnc1OC1CCSC1. The highest BCUT2D eigenvalue weighted by Gasteiger charge is 2.21. The molecule has 1 aromatic heterocycles. The molecule has 1 aliphatic heterocycles. The minimum absolute atomic E-state index is 0.0706. The average molecular weight is 252 g/mol. The number of aromatic nitrogens is 1. The van der Waals surface area contributed by atoms with E-state index in [0.717, 1.165) is 17.9 Å². The van der Waals surface area contributed by atoms with Gasteiger partial charge in [-0.05, 0) is 24.3 Å². The standard InChI is InChI=1S/C12H16N2O2S/c1-14(2)12(15)10-4-3-6-13-11(10)16-9-5-7-17-8-9/h3-4,6,9H,5,7-8H2,1-2H3. The van der Waals surface area contributed by atoms with E-state index >= 15 is 0 Å². The Morgan fingerprint density at radius 3 is 3.06 bits per heavy atom. The number of ether oxygens (including phenoxy) is 1. The van der Waals surface area contributed by atoms with Crippen LogP contribution in [-0.2, 0) is 0 Å². The zero-order valence-electron chi connectivity index (χ0n) is 10.0. The second kappa shape index (κ2) is 5.40. The van der Waals surface area contributed by atoms with Crippen LogP contribution in [0, 0.1) is 0 Å². The summed E-state index contributed by atoms with van der Waals surface area (Å²) in [7, 11) is 3.45. The Balaban J connectivity index is 2.17. The normalized spacial score (nSPS) is 19.1. The number of thioether (sulfide) groups is 1. The van der Waals surface area contributed by atoms with Crippen molar-refractivity contribution in [2.24, 2.45) is 0 Å². The predicted molar refractivity (Wildman–Crippen MR) is 68.6 cm³/mol. The summed E-state index contributed by atoms with van der Waals surface area (Å²) in [5.74, 6) is 2.48. The summed E-state index contributed by atoms with van der Waals surface area (Å²) >= 11 is 1.87. The molecular weight excluding hydrogens is 236 g/mol. The topological polar surface area (TPSA) is 42.4 Å². The maximum atomic E-state index is 11.9. The minimum atomic E-state index is -0.0706. The van der Waals surface area contributed by atoms with Gasteiger partial charge in [-0.3, -0.25) is 4.79 Å². The molecule has 17 heavy (non-hydrogen) atoms. The van der Waals surface area contributed by atoms with Crippen molar-refractivity contribution in [1.29, 1.82) is 0 Å². The van der Waals surface area contributed by atoms with Gasteiger partial charge in [0.15, 0.2) is 0 Å². The Labute approximate surface area is 105 Å². The summed E-state index contributed by atoms with van der Waals surface area (Å²) in [6.07, 6.45) is 2.87. The fourth-order valence-electron chi connectivity index (χ4n) is 1.65. The first-order valence-electron chi connectivity index (χ1n) is 5.59. The van der Waals surface area contributed by atoms with Crippen molar-refractivity contribution in [2.75, 3.05) is 25.6 Å². The number of rotatable bonds is 3. The second-order valence-electron chi connectivity index (χ2n) is 4.16. The molecule has 1 atom stereocenters. The zero-order chi connectivity index (χ0) is 12.3. The quantitative estimate of drug-likeness (QED) is 0.820. The highest BCUT2D eigenvalue weighted by Crippen LogP contribution is 2.24. The molecule has 0 aromatic carbocycles. The van der Waals surface area contributed by atoms with E-state index in [1.165, 1.54) is 4.90 Å². The van der Waals surface area contributed by atoms with Crippen molar-refractivity contribution in [2.45, 2.75) is 12.5 Å². The summed E-state index contributed by atoms with van der Waals surface area (Å²) in [5.41, 5.74) is 0.536. The first-order chi connectivity index (χ1) is 8.18. The molecule has 1 aliphatic rings. The Kier molecular flexibility index (Phi) is 3.89. The monoisotopic (exact) mass is 252 g/mol. The van der Waals surface area contributed by atoms with Crippen LogP contribution in [0.3, 0.4) is 0 Å². The molecule has 0 aliphatic carbocycles. The average Bonchev–Trinajstić information content (AvgIpc) is 2.81. The van der Waals surface area contributed by atoms with Gasteiger partial charge in [-0.2, -0.15) is 11.8 Å². The molecule has 4 nitrogen and oxygen atoms in total. The molecule has 1 saturated heterocycles. The molecule has 2 heterocycles. The highest BCUT2D eigenvalue weighted by molar-refractivity contribution is 7.99. The maximum absolute atomic E-state index is 11.9. The van der Waals surface area contributed by atoms with E-state index in [1.54, 1.807) is 32.4 Å². The van der Waals surface area contributed by atoms with Gasteiger partial charge in [-0.25, -0.2) is 4.98 Å². The van der Waals surface area contributed by atoms with Crippen molar-refractivity contribution in [3.8, 4) is 5.88 Å². The van der Waals surface area contributed by atoms with Gasteiger partial charge in [0.2, 0.25) is 5.88 Å². The van der Waals surface area contributed by atoms with E-state index < -0.39 is 0 Å². The van der Waals surface area contributed by atoms with Gasteiger partial charge in [-0.15, -0.1) is 0 Å². The van der Waals surface area contributed by atoms with Gasteiger partial charge in [0.1, 0.15) is 11.7 Å². The lowest BCUT2D eigenvalue weighted by atomic mass is 10.2. The zero-order valence-corrected chi connectivity index (χ0v) is 10.9. The Bertz CT molecular complexity index is 403. The molecule has 92 valence electrons. The van der Waals surface area contributed by atoms with Crippen LogP contribution in [0.25, 0.3) is 0 Å². The van der Waals surface area contributed by atoms with Crippen LogP contribution in [0.15, 0.2) is 18.3 Å². The number of pyridine rings is 1. The van der Waals surface area contributed by atoms with Crippen molar-refractivity contribution < 1.29 is 9.53 Å². The first kappa shape index (κ1) is 12.2. The molecule has 1 aromatic rings. The molecule has 1 fully saturated rings. The summed E-state index contributed by atoms with van der Waals surface area (Å²) in [4.78, 5) is 17.6. The largest absolute Gasteiger partial charge is 0.473 e. The third kappa shape index (κ3) is 2.91. The second-order valence-corrected chi connectivity index (χ2v) is 5.31. The molecule has 5 heteroatoms. The van der Waals surface area contributed by atoms with Gasteiger partial charge in [0, 0.05) is 26.0 Å². The Morgan fingerprint density at radius 2 is 2.41 bits per heavy atom. The van der Waals surface area contributed by atoms with E-state index in [2.05, 4.69) is 4.98 Å². The van der Waals surface area contributed by atoms with Crippen molar-refractivity contribution in [3.63, 3.8) is 0 Å². The Hall–Kier alpha value is -1.23. The lowest BCUT2D eigenvalue weighted by Crippen LogP contribution is -2.24. The lowest BCUT2D eigenvalue weighted by molar-refractivity contribution is 0.0819. The van der Waals surface area contributed by atoms with Crippen LogP contribution in [0.5, 0.6) is 5.88 Å². The van der Waals surface area contributed by atoms with Crippen LogP contribution in [0.4, 0.5) is 0 Å². The third-order valence-electron chi connectivity index (χ3n) is 2.57. The van der Waals surface area contributed by atoms with Crippen molar-refractivity contribution in [1.82, 2.24) is 9.88 Å². The summed E-state index contributed by atoms with van der Waals surface area (Å²) in [6.45, 7) is 0. The van der Waals surface area contributed by atoms with E-state index in [-0.39, 0.29) is 12.0 Å². The number of hydrogen-bond acceptors (Lipinski definition) is 4. The van der Waals surface area contributed by atoms with Crippen LogP contribution in [-0.4, -0.2) is 47.5 Å². The Morgan fingerprint density at radius 1 is 1.59 bits per heavy atom. The van der Waals surface area contributed by atoms with Crippen LogP contribution in [0.2, 0.25) is 0 Å². The molecular formula is C12H16N2O2S. The highest BCUT2D eigenvalue weighted by atomic mass is 32.2. The first-order valence-corrected chi connectivity index (χ1v) is 6.75. The van der Waals surface area contributed by atoms with Gasteiger partial charge < -0.3 is 9.64 Å². The number of hydrogen-bond donors (Lipinski definition) is 0. The van der Waals surface area contributed by atoms with Gasteiger partial charge in [0.25, 0.3) is 5.91 Å². The van der Waals surface area contributed by atoms with Crippen LogP contribution < -0.4 is 4.74 Å². The molecule has 0 bridgehead atoms. The third-order valence-corrected chi connectivity index (χ3v) is 3.71. The number of carbonyl (C=O) groups excluding carboxylic acids is 1. The maximum Gasteiger partial charge on any atom is 0.258 e. The van der Waals surface area contributed by atoms with Crippen molar-refractivity contribution >= 4 is 17.7 Å². The van der Waals surface area contributed by atoms with Gasteiger partial charge in [-0.1, -0.05) is 0 Å². The van der Waals surface area contributed by atoms with Gasteiger partial charge in [0.05, 0.1) is 0 Å². The summed E-state index contributed by atoms with van der Waals surface area (Å²) < 4.78 is 5.80. The number of amides is 1. The minimum Gasteiger partial charge on any atom is -0.473 e. The predicted octanol–water partition coefficient (Wildman–Crippen LogP) is 1.67. The van der Waals surface area contributed by atoms with E-state index in [1.807, 2.05) is 11.8 Å². The lowest BCUT2D eigenvalue weighted by Gasteiger charge is -2.16. The molecule has 0 radical (unpaired) electrons. The molecule has 1 amide bonds. The van der Waals surface area contributed by atoms with E-state index in [4.69, 9.17) is 4.74 Å². The molecule has 2 rings (SSSR count). The van der Waals surface area contributed by atoms with Crippen LogP contribution in [0.1, 0.15) is 16.8 Å². The number of nitrogens with zero attached hydrogens (tertiary/aromatic N) is 2. The molecule has 1 unspecified atom stereocenters. The molecule has 0 N–H and O–H groups in total. The number of carbonyl (C=O) groups is 1. The summed E-state index contributed by atoms with van der Waals surface area (Å²) in [6, 6.07) is 3.51. The van der Waals surface area contributed by atoms with E-state index in [0.29, 0.717) is 11.4 Å².